The number of aromatic nitrogens is 1. The number of hydrogen-bond donors (Lipinski definition) is 1. The molecule has 0 saturated carbocycles. The maximum absolute atomic E-state index is 12.5. The quantitative estimate of drug-likeness (QED) is 0.313. The number of aliphatic imine (C=N–C) groups is 1. The molecule has 1 N–H and O–H groups in total. The highest BCUT2D eigenvalue weighted by Crippen LogP contribution is 2.14. The van der Waals surface area contributed by atoms with E-state index in [-0.39, 0.29) is 11.4 Å². The molecule has 2 heterocycles. The molecule has 156 valence electrons. The van der Waals surface area contributed by atoms with Crippen LogP contribution in [0.25, 0.3) is 0 Å². The van der Waals surface area contributed by atoms with Gasteiger partial charge in [-0.3, -0.25) is 15.1 Å². The predicted molar refractivity (Wildman–Crippen MR) is 106 cm³/mol. The summed E-state index contributed by atoms with van der Waals surface area (Å²) < 4.78 is 31.2. The van der Waals surface area contributed by atoms with Crippen LogP contribution in [0.3, 0.4) is 0 Å². The molecule has 0 unspecified atom stereocenters. The molecule has 11 nitrogen and oxygen atoms in total. The lowest BCUT2D eigenvalue weighted by Gasteiger charge is -2.35. The molecule has 0 amide bonds. The van der Waals surface area contributed by atoms with Gasteiger partial charge < -0.3 is 14.7 Å². The van der Waals surface area contributed by atoms with Crippen LogP contribution in [0.1, 0.15) is 11.3 Å². The molecule has 2 aromatic rings. The first-order valence-electron chi connectivity index (χ1n) is 8.95. The van der Waals surface area contributed by atoms with E-state index in [9.17, 15) is 18.5 Å². The number of nitrogens with zero attached hydrogens (tertiary/aromatic N) is 5. The second kappa shape index (κ2) is 9.01. The van der Waals surface area contributed by atoms with Crippen LogP contribution < -0.4 is 5.32 Å². The summed E-state index contributed by atoms with van der Waals surface area (Å²) in [6, 6.07) is 7.91. The zero-order valence-corrected chi connectivity index (χ0v) is 16.7. The van der Waals surface area contributed by atoms with E-state index in [1.54, 1.807) is 19.2 Å². The highest BCUT2D eigenvalue weighted by atomic mass is 32.2. The van der Waals surface area contributed by atoms with E-state index in [2.05, 4.69) is 15.5 Å². The number of nitro benzene ring substituents is 1. The number of benzene rings is 1. The SMILES string of the molecule is CN=C(NCc1cccc([N+](=O)[O-])c1)N1CCN(S(=O)(=O)Cc2ccon2)CC1. The molecule has 1 aliphatic rings. The minimum Gasteiger partial charge on any atom is -0.364 e. The number of nitro groups is 1. The van der Waals surface area contributed by atoms with Crippen LogP contribution in [0.15, 0.2) is 46.1 Å². The molecule has 29 heavy (non-hydrogen) atoms. The van der Waals surface area contributed by atoms with Crippen molar-refractivity contribution in [3.05, 3.63) is 58.0 Å². The molecule has 1 aromatic heterocycles. The Balaban J connectivity index is 1.55. The van der Waals surface area contributed by atoms with Crippen LogP contribution in [0, 0.1) is 10.1 Å². The van der Waals surface area contributed by atoms with Gasteiger partial charge in [-0.25, -0.2) is 8.42 Å². The van der Waals surface area contributed by atoms with E-state index in [1.165, 1.54) is 28.8 Å². The fourth-order valence-electron chi connectivity index (χ4n) is 3.06. The average Bonchev–Trinajstić information content (AvgIpc) is 3.21. The lowest BCUT2D eigenvalue weighted by Crippen LogP contribution is -2.53. The summed E-state index contributed by atoms with van der Waals surface area (Å²) in [5.41, 5.74) is 1.17. The van der Waals surface area contributed by atoms with E-state index in [0.717, 1.165) is 5.56 Å². The Hall–Kier alpha value is -2.99. The van der Waals surface area contributed by atoms with Gasteiger partial charge in [0.25, 0.3) is 5.69 Å². The monoisotopic (exact) mass is 422 g/mol. The minimum absolute atomic E-state index is 0.0326. The normalized spacial score (nSPS) is 16.0. The van der Waals surface area contributed by atoms with Crippen molar-refractivity contribution >= 4 is 21.7 Å². The molecule has 1 aromatic carbocycles. The Morgan fingerprint density at radius 3 is 2.69 bits per heavy atom. The van der Waals surface area contributed by atoms with Crippen LogP contribution in [0.2, 0.25) is 0 Å². The standard InChI is InChI=1S/C17H22N6O5S/c1-18-17(19-12-14-3-2-4-16(11-14)23(24)25)21-6-8-22(9-7-21)29(26,27)13-15-5-10-28-20-15/h2-5,10-11H,6-9,12-13H2,1H3,(H,18,19). The van der Waals surface area contributed by atoms with Crippen LogP contribution in [-0.2, 0) is 22.3 Å². The van der Waals surface area contributed by atoms with Gasteiger partial charge in [-0.05, 0) is 5.56 Å². The Morgan fingerprint density at radius 1 is 1.31 bits per heavy atom. The van der Waals surface area contributed by atoms with E-state index in [4.69, 9.17) is 4.52 Å². The van der Waals surface area contributed by atoms with E-state index < -0.39 is 14.9 Å². The molecule has 1 aliphatic heterocycles. The molecular weight excluding hydrogens is 400 g/mol. The highest BCUT2D eigenvalue weighted by molar-refractivity contribution is 7.88. The molecule has 0 radical (unpaired) electrons. The number of guanidine groups is 1. The number of nitrogens with one attached hydrogen (secondary N) is 1. The van der Waals surface area contributed by atoms with Gasteiger partial charge >= 0.3 is 0 Å². The topological polar surface area (TPSA) is 134 Å². The summed E-state index contributed by atoms with van der Waals surface area (Å²) >= 11 is 0. The summed E-state index contributed by atoms with van der Waals surface area (Å²) in [6.07, 6.45) is 1.35. The van der Waals surface area contributed by atoms with E-state index in [0.29, 0.717) is 44.4 Å². The summed E-state index contributed by atoms with van der Waals surface area (Å²) in [5.74, 6) is 0.425. The summed E-state index contributed by atoms with van der Waals surface area (Å²) in [7, 11) is -1.83. The molecule has 3 rings (SSSR count). The largest absolute Gasteiger partial charge is 0.364 e. The molecule has 0 spiro atoms. The van der Waals surface area contributed by atoms with Crippen LogP contribution in [0.5, 0.6) is 0 Å². The first kappa shape index (κ1) is 20.7. The fraction of sp³-hybridized carbons (Fsp3) is 0.412. The third-order valence-corrected chi connectivity index (χ3v) is 6.35. The summed E-state index contributed by atoms with van der Waals surface area (Å²) in [5, 5.41) is 17.7. The zero-order chi connectivity index (χ0) is 20.9. The fourth-order valence-corrected chi connectivity index (χ4v) is 4.49. The second-order valence-corrected chi connectivity index (χ2v) is 8.43. The third kappa shape index (κ3) is 5.29. The molecule has 0 bridgehead atoms. The third-order valence-electron chi connectivity index (χ3n) is 4.54. The van der Waals surface area contributed by atoms with Crippen LogP contribution >= 0.6 is 0 Å². The molecule has 1 fully saturated rings. The maximum Gasteiger partial charge on any atom is 0.269 e. The van der Waals surface area contributed by atoms with Crippen molar-refractivity contribution in [2.75, 3.05) is 33.2 Å². The van der Waals surface area contributed by atoms with Crippen LogP contribution in [-0.4, -0.2) is 66.9 Å². The highest BCUT2D eigenvalue weighted by Gasteiger charge is 2.29. The van der Waals surface area contributed by atoms with Crippen molar-refractivity contribution in [1.82, 2.24) is 19.7 Å². The van der Waals surface area contributed by atoms with Gasteiger partial charge in [0.05, 0.1) is 10.6 Å². The minimum atomic E-state index is -3.47. The van der Waals surface area contributed by atoms with Gasteiger partial charge in [0.1, 0.15) is 12.0 Å². The molecular formula is C17H22N6O5S. The first-order valence-corrected chi connectivity index (χ1v) is 10.6. The average molecular weight is 422 g/mol. The second-order valence-electron chi connectivity index (χ2n) is 6.46. The first-order chi connectivity index (χ1) is 13.9. The Labute approximate surface area is 168 Å². The van der Waals surface area contributed by atoms with Gasteiger partial charge in [-0.1, -0.05) is 17.3 Å². The predicted octanol–water partition coefficient (Wildman–Crippen LogP) is 0.806. The molecule has 12 heteroatoms. The van der Waals surface area contributed by atoms with Crippen molar-refractivity contribution in [3.63, 3.8) is 0 Å². The van der Waals surface area contributed by atoms with Gasteiger partial charge in [-0.15, -0.1) is 0 Å². The maximum atomic E-state index is 12.5. The number of non-ortho nitro benzene ring substituents is 1. The number of rotatable bonds is 6. The molecule has 1 saturated heterocycles. The van der Waals surface area contributed by atoms with Gasteiger partial charge in [0.2, 0.25) is 10.0 Å². The summed E-state index contributed by atoms with van der Waals surface area (Å²) in [6.45, 7) is 1.99. The number of piperazine rings is 1. The number of hydrogen-bond acceptors (Lipinski definition) is 7. The lowest BCUT2D eigenvalue weighted by molar-refractivity contribution is -0.384. The molecule has 0 aliphatic carbocycles. The van der Waals surface area contributed by atoms with Crippen molar-refractivity contribution in [1.29, 1.82) is 0 Å². The Morgan fingerprint density at radius 2 is 2.07 bits per heavy atom. The van der Waals surface area contributed by atoms with Gasteiger partial charge in [0.15, 0.2) is 5.96 Å². The van der Waals surface area contributed by atoms with Crippen LogP contribution in [0.4, 0.5) is 5.69 Å². The molecule has 0 atom stereocenters. The zero-order valence-electron chi connectivity index (χ0n) is 15.9. The number of sulfonamides is 1. The van der Waals surface area contributed by atoms with Crippen molar-refractivity contribution in [2.24, 2.45) is 4.99 Å². The Bertz CT molecular complexity index is 968. The van der Waals surface area contributed by atoms with Crippen molar-refractivity contribution in [3.8, 4) is 0 Å². The smallest absolute Gasteiger partial charge is 0.269 e. The van der Waals surface area contributed by atoms with Crippen molar-refractivity contribution in [2.45, 2.75) is 12.3 Å². The van der Waals surface area contributed by atoms with Crippen molar-refractivity contribution < 1.29 is 17.9 Å². The van der Waals surface area contributed by atoms with E-state index in [1.807, 2.05) is 4.90 Å². The van der Waals surface area contributed by atoms with E-state index >= 15 is 0 Å². The van der Waals surface area contributed by atoms with Gasteiger partial charge in [-0.2, -0.15) is 4.31 Å². The summed E-state index contributed by atoms with van der Waals surface area (Å²) in [4.78, 5) is 16.7. The lowest BCUT2D eigenvalue weighted by atomic mass is 10.2. The Kier molecular flexibility index (Phi) is 6.44. The van der Waals surface area contributed by atoms with Gasteiger partial charge in [0, 0.05) is 58.0 Å².